The van der Waals surface area contributed by atoms with Gasteiger partial charge in [0.1, 0.15) is 11.8 Å². The van der Waals surface area contributed by atoms with Crippen LogP contribution in [0, 0.1) is 0 Å². The normalized spacial score (nSPS) is 11.7. The summed E-state index contributed by atoms with van der Waals surface area (Å²) in [7, 11) is -3.67. The molecule has 9 heteroatoms. The molecule has 27 heavy (non-hydrogen) atoms. The lowest BCUT2D eigenvalue weighted by molar-refractivity contribution is 0.593. The van der Waals surface area contributed by atoms with Gasteiger partial charge in [0.15, 0.2) is 5.01 Å². The zero-order valence-corrected chi connectivity index (χ0v) is 16.0. The standard InChI is InChI=1S/C18H11ClN2O4S2/c19-12-6-7-15-13(8-12)16(22)14(9-25-15)17-20-21-18(26-17)27(23,24)10-11-4-2-1-3-5-11/h1-9H,10H2. The lowest BCUT2D eigenvalue weighted by Crippen LogP contribution is -2.04. The van der Waals surface area contributed by atoms with Gasteiger partial charge in [0.2, 0.25) is 19.6 Å². The first-order chi connectivity index (χ1) is 12.9. The van der Waals surface area contributed by atoms with Crippen LogP contribution in [0.2, 0.25) is 5.02 Å². The van der Waals surface area contributed by atoms with Crippen molar-refractivity contribution in [2.45, 2.75) is 10.1 Å². The van der Waals surface area contributed by atoms with Gasteiger partial charge in [-0.25, -0.2) is 8.42 Å². The zero-order chi connectivity index (χ0) is 19.0. The number of aromatic nitrogens is 2. The summed E-state index contributed by atoms with van der Waals surface area (Å²) in [6.45, 7) is 0. The molecule has 2 aromatic heterocycles. The highest BCUT2D eigenvalue weighted by Crippen LogP contribution is 2.28. The maximum atomic E-state index is 12.7. The van der Waals surface area contributed by atoms with Crippen LogP contribution in [0.3, 0.4) is 0 Å². The lowest BCUT2D eigenvalue weighted by atomic mass is 10.2. The Labute approximate surface area is 163 Å². The Kier molecular flexibility index (Phi) is 4.55. The van der Waals surface area contributed by atoms with Crippen LogP contribution in [0.1, 0.15) is 5.56 Å². The van der Waals surface area contributed by atoms with E-state index in [1.165, 1.54) is 12.3 Å². The first-order valence-corrected chi connectivity index (χ1v) is 10.6. The van der Waals surface area contributed by atoms with Crippen LogP contribution in [-0.2, 0) is 15.6 Å². The Hall–Kier alpha value is -2.55. The van der Waals surface area contributed by atoms with Crippen molar-refractivity contribution in [3.05, 3.63) is 75.6 Å². The Morgan fingerprint density at radius 2 is 1.85 bits per heavy atom. The van der Waals surface area contributed by atoms with E-state index in [0.29, 0.717) is 21.6 Å². The van der Waals surface area contributed by atoms with Gasteiger partial charge < -0.3 is 4.42 Å². The van der Waals surface area contributed by atoms with Crippen LogP contribution in [0.4, 0.5) is 0 Å². The van der Waals surface area contributed by atoms with E-state index in [4.69, 9.17) is 16.0 Å². The molecule has 0 aliphatic heterocycles. The molecule has 0 bridgehead atoms. The molecule has 0 saturated heterocycles. The van der Waals surface area contributed by atoms with Crippen molar-refractivity contribution >= 4 is 43.7 Å². The molecule has 2 aromatic carbocycles. The molecule has 4 aromatic rings. The number of rotatable bonds is 4. The summed E-state index contributed by atoms with van der Waals surface area (Å²) in [6.07, 6.45) is 1.26. The smallest absolute Gasteiger partial charge is 0.233 e. The Bertz CT molecular complexity index is 1300. The van der Waals surface area contributed by atoms with Crippen molar-refractivity contribution < 1.29 is 12.8 Å². The Morgan fingerprint density at radius 3 is 2.63 bits per heavy atom. The average Bonchev–Trinajstić information content (AvgIpc) is 3.14. The first-order valence-electron chi connectivity index (χ1n) is 7.76. The summed E-state index contributed by atoms with van der Waals surface area (Å²) < 4.78 is 30.5. The first kappa shape index (κ1) is 17.8. The third kappa shape index (κ3) is 3.51. The second-order valence-corrected chi connectivity index (χ2v) is 9.31. The van der Waals surface area contributed by atoms with E-state index in [2.05, 4.69) is 10.2 Å². The van der Waals surface area contributed by atoms with Crippen molar-refractivity contribution in [3.8, 4) is 10.6 Å². The largest absolute Gasteiger partial charge is 0.463 e. The molecule has 0 saturated carbocycles. The van der Waals surface area contributed by atoms with Gasteiger partial charge in [0, 0.05) is 5.02 Å². The van der Waals surface area contributed by atoms with Crippen LogP contribution in [-0.4, -0.2) is 18.6 Å². The van der Waals surface area contributed by atoms with Crippen LogP contribution < -0.4 is 5.43 Å². The molecule has 0 aliphatic carbocycles. The topological polar surface area (TPSA) is 90.1 Å². The summed E-state index contributed by atoms with van der Waals surface area (Å²) in [4.78, 5) is 12.7. The highest BCUT2D eigenvalue weighted by molar-refractivity contribution is 7.92. The minimum atomic E-state index is -3.67. The molecule has 0 spiro atoms. The number of sulfone groups is 1. The van der Waals surface area contributed by atoms with E-state index in [1.54, 1.807) is 36.4 Å². The number of halogens is 1. The van der Waals surface area contributed by atoms with E-state index in [0.717, 1.165) is 11.3 Å². The lowest BCUT2D eigenvalue weighted by Gasteiger charge is -2.00. The second-order valence-electron chi connectivity index (χ2n) is 5.74. The van der Waals surface area contributed by atoms with Crippen LogP contribution in [0.25, 0.3) is 21.5 Å². The summed E-state index contributed by atoms with van der Waals surface area (Å²) in [5.74, 6) is -0.190. The maximum absolute atomic E-state index is 12.7. The number of hydrogen-bond acceptors (Lipinski definition) is 7. The van der Waals surface area contributed by atoms with Crippen LogP contribution >= 0.6 is 22.9 Å². The highest BCUT2D eigenvalue weighted by atomic mass is 35.5. The molecule has 0 atom stereocenters. The van der Waals surface area contributed by atoms with Gasteiger partial charge in [-0.15, -0.1) is 10.2 Å². The molecule has 2 heterocycles. The van der Waals surface area contributed by atoms with Gasteiger partial charge >= 0.3 is 0 Å². The van der Waals surface area contributed by atoms with Gasteiger partial charge in [-0.1, -0.05) is 53.3 Å². The summed E-state index contributed by atoms with van der Waals surface area (Å²) >= 11 is 6.78. The number of hydrogen-bond donors (Lipinski definition) is 0. The maximum Gasteiger partial charge on any atom is 0.233 e. The number of benzene rings is 2. The second kappa shape index (κ2) is 6.88. The van der Waals surface area contributed by atoms with E-state index in [-0.39, 0.29) is 26.1 Å². The van der Waals surface area contributed by atoms with Crippen molar-refractivity contribution in [3.63, 3.8) is 0 Å². The summed E-state index contributed by atoms with van der Waals surface area (Å²) in [5, 5.41) is 8.53. The van der Waals surface area contributed by atoms with E-state index >= 15 is 0 Å². The Morgan fingerprint density at radius 1 is 1.07 bits per heavy atom. The molecule has 0 unspecified atom stereocenters. The summed E-state index contributed by atoms with van der Waals surface area (Å²) in [6, 6.07) is 13.5. The summed E-state index contributed by atoms with van der Waals surface area (Å²) in [5.41, 5.74) is 0.828. The fourth-order valence-electron chi connectivity index (χ4n) is 2.55. The zero-order valence-electron chi connectivity index (χ0n) is 13.6. The third-order valence-electron chi connectivity index (χ3n) is 3.84. The minimum absolute atomic E-state index is 0.142. The average molecular weight is 419 g/mol. The van der Waals surface area contributed by atoms with E-state index in [1.807, 2.05) is 6.07 Å². The molecular formula is C18H11ClN2O4S2. The quantitative estimate of drug-likeness (QED) is 0.498. The number of nitrogens with zero attached hydrogens (tertiary/aromatic N) is 2. The highest BCUT2D eigenvalue weighted by Gasteiger charge is 2.23. The van der Waals surface area contributed by atoms with Gasteiger partial charge in [-0.2, -0.15) is 0 Å². The van der Waals surface area contributed by atoms with Gasteiger partial charge in [0.05, 0.1) is 16.7 Å². The van der Waals surface area contributed by atoms with Crippen LogP contribution in [0.15, 0.2) is 68.3 Å². The fraction of sp³-hybridized carbons (Fsp3) is 0.0556. The van der Waals surface area contributed by atoms with Gasteiger partial charge in [-0.05, 0) is 23.8 Å². The minimum Gasteiger partial charge on any atom is -0.463 e. The molecule has 0 aliphatic rings. The van der Waals surface area contributed by atoms with Crippen molar-refractivity contribution in [2.75, 3.05) is 0 Å². The molecule has 4 rings (SSSR count). The molecule has 0 radical (unpaired) electrons. The van der Waals surface area contributed by atoms with Crippen molar-refractivity contribution in [1.82, 2.24) is 10.2 Å². The van der Waals surface area contributed by atoms with Crippen LogP contribution in [0.5, 0.6) is 0 Å². The SMILES string of the molecule is O=c1c(-c2nnc(S(=O)(=O)Cc3ccccc3)s2)coc2ccc(Cl)cc12. The number of fused-ring (bicyclic) bond motifs is 1. The predicted molar refractivity (Wildman–Crippen MR) is 104 cm³/mol. The van der Waals surface area contributed by atoms with Crippen molar-refractivity contribution in [2.24, 2.45) is 0 Å². The van der Waals surface area contributed by atoms with E-state index < -0.39 is 9.84 Å². The van der Waals surface area contributed by atoms with Gasteiger partial charge in [-0.3, -0.25) is 4.79 Å². The van der Waals surface area contributed by atoms with Crippen molar-refractivity contribution in [1.29, 1.82) is 0 Å². The third-order valence-corrected chi connectivity index (χ3v) is 7.16. The van der Waals surface area contributed by atoms with E-state index in [9.17, 15) is 13.2 Å². The Balaban J connectivity index is 1.74. The predicted octanol–water partition coefficient (Wildman–Crippen LogP) is 3.94. The monoisotopic (exact) mass is 418 g/mol. The molecular weight excluding hydrogens is 408 g/mol. The fourth-order valence-corrected chi connectivity index (χ4v) is 5.14. The molecule has 0 fully saturated rings. The molecule has 6 nitrogen and oxygen atoms in total. The molecule has 0 amide bonds. The molecule has 136 valence electrons. The van der Waals surface area contributed by atoms with Gasteiger partial charge in [0.25, 0.3) is 0 Å². The molecule has 0 N–H and O–H groups in total.